The van der Waals surface area contributed by atoms with Crippen molar-refractivity contribution in [3.63, 3.8) is 0 Å². The number of aromatic nitrogens is 2. The SMILES string of the molecule is NC(=O)C(Cc1ccc(F)cc1)NCc1nc2cc(F)c(F)cc2[nH]1. The number of aromatic amines is 1. The Bertz CT molecular complexity index is 869. The number of carbonyl (C=O) groups is 1. The molecule has 1 aromatic heterocycles. The van der Waals surface area contributed by atoms with E-state index in [0.29, 0.717) is 11.3 Å². The van der Waals surface area contributed by atoms with Crippen LogP contribution in [0.2, 0.25) is 0 Å². The van der Waals surface area contributed by atoms with Gasteiger partial charge in [0, 0.05) is 12.1 Å². The highest BCUT2D eigenvalue weighted by atomic mass is 19.2. The number of halogens is 3. The summed E-state index contributed by atoms with van der Waals surface area (Å²) in [5.74, 6) is -2.48. The standard InChI is InChI=1S/C17H15F3N4O/c18-10-3-1-9(2-4-10)5-15(17(21)25)22-8-16-23-13-6-11(19)12(20)7-14(13)24-16/h1-4,6-7,15,22H,5,8H2,(H2,21,25)(H,23,24). The summed E-state index contributed by atoms with van der Waals surface area (Å²) in [6, 6.07) is 7.05. The summed E-state index contributed by atoms with van der Waals surface area (Å²) in [6.07, 6.45) is 0.277. The largest absolute Gasteiger partial charge is 0.368 e. The number of fused-ring (bicyclic) bond motifs is 1. The highest BCUT2D eigenvalue weighted by Crippen LogP contribution is 2.16. The lowest BCUT2D eigenvalue weighted by atomic mass is 10.1. The van der Waals surface area contributed by atoms with Gasteiger partial charge in [-0.15, -0.1) is 0 Å². The van der Waals surface area contributed by atoms with Crippen LogP contribution in [0.4, 0.5) is 13.2 Å². The van der Waals surface area contributed by atoms with Crippen LogP contribution in [0, 0.1) is 17.5 Å². The fourth-order valence-corrected chi connectivity index (χ4v) is 2.49. The van der Waals surface area contributed by atoms with Gasteiger partial charge in [0.15, 0.2) is 11.6 Å². The lowest BCUT2D eigenvalue weighted by Crippen LogP contribution is -2.42. The third kappa shape index (κ3) is 3.97. The molecule has 3 rings (SSSR count). The van der Waals surface area contributed by atoms with Gasteiger partial charge in [0.1, 0.15) is 11.6 Å². The van der Waals surface area contributed by atoms with E-state index in [0.717, 1.165) is 17.7 Å². The molecule has 8 heteroatoms. The number of rotatable bonds is 6. The van der Waals surface area contributed by atoms with Gasteiger partial charge >= 0.3 is 0 Å². The quantitative estimate of drug-likeness (QED) is 0.638. The normalized spacial score (nSPS) is 12.4. The Morgan fingerprint density at radius 1 is 1.16 bits per heavy atom. The molecule has 0 saturated heterocycles. The van der Waals surface area contributed by atoms with Gasteiger partial charge in [0.2, 0.25) is 5.91 Å². The number of H-pyrrole nitrogens is 1. The first kappa shape index (κ1) is 17.0. The number of hydrogen-bond donors (Lipinski definition) is 3. The molecule has 1 amide bonds. The molecule has 1 heterocycles. The Kier molecular flexibility index (Phi) is 4.71. The third-order valence-electron chi connectivity index (χ3n) is 3.79. The molecule has 0 aliphatic heterocycles. The second-order valence-electron chi connectivity index (χ2n) is 5.63. The number of imidazole rings is 1. The van der Waals surface area contributed by atoms with Crippen molar-refractivity contribution >= 4 is 16.9 Å². The van der Waals surface area contributed by atoms with Crippen molar-refractivity contribution < 1.29 is 18.0 Å². The minimum atomic E-state index is -0.982. The van der Waals surface area contributed by atoms with Gasteiger partial charge < -0.3 is 10.7 Å². The molecule has 0 radical (unpaired) electrons. The second kappa shape index (κ2) is 6.94. The van der Waals surface area contributed by atoms with Crippen LogP contribution in [0.15, 0.2) is 36.4 Å². The van der Waals surface area contributed by atoms with Crippen LogP contribution in [-0.4, -0.2) is 21.9 Å². The molecule has 0 aliphatic carbocycles. The Balaban J connectivity index is 1.71. The third-order valence-corrected chi connectivity index (χ3v) is 3.79. The first-order valence-corrected chi connectivity index (χ1v) is 7.53. The zero-order valence-electron chi connectivity index (χ0n) is 13.0. The summed E-state index contributed by atoms with van der Waals surface area (Å²) in [7, 11) is 0. The molecule has 4 N–H and O–H groups in total. The molecule has 2 aromatic carbocycles. The summed E-state index contributed by atoms with van der Waals surface area (Å²) in [5.41, 5.74) is 6.76. The lowest BCUT2D eigenvalue weighted by molar-refractivity contribution is -0.120. The summed E-state index contributed by atoms with van der Waals surface area (Å²) >= 11 is 0. The van der Waals surface area contributed by atoms with Crippen molar-refractivity contribution in [1.82, 2.24) is 15.3 Å². The number of benzene rings is 2. The monoisotopic (exact) mass is 348 g/mol. The second-order valence-corrected chi connectivity index (χ2v) is 5.63. The van der Waals surface area contributed by atoms with E-state index in [2.05, 4.69) is 15.3 Å². The van der Waals surface area contributed by atoms with Crippen LogP contribution < -0.4 is 11.1 Å². The van der Waals surface area contributed by atoms with Crippen molar-refractivity contribution in [2.24, 2.45) is 5.73 Å². The van der Waals surface area contributed by atoms with E-state index in [1.54, 1.807) is 12.1 Å². The molecule has 0 fully saturated rings. The molecule has 25 heavy (non-hydrogen) atoms. The van der Waals surface area contributed by atoms with Gasteiger partial charge in [0.25, 0.3) is 0 Å². The van der Waals surface area contributed by atoms with Crippen molar-refractivity contribution in [2.75, 3.05) is 0 Å². The zero-order chi connectivity index (χ0) is 18.0. The summed E-state index contributed by atoms with van der Waals surface area (Å²) in [5, 5.41) is 2.94. The van der Waals surface area contributed by atoms with Crippen molar-refractivity contribution in [1.29, 1.82) is 0 Å². The van der Waals surface area contributed by atoms with Gasteiger partial charge in [-0.2, -0.15) is 0 Å². The highest BCUT2D eigenvalue weighted by molar-refractivity contribution is 5.80. The van der Waals surface area contributed by atoms with E-state index in [1.165, 1.54) is 12.1 Å². The highest BCUT2D eigenvalue weighted by Gasteiger charge is 2.17. The van der Waals surface area contributed by atoms with Crippen molar-refractivity contribution in [3.05, 3.63) is 65.2 Å². The van der Waals surface area contributed by atoms with E-state index >= 15 is 0 Å². The molecule has 0 spiro atoms. The van der Waals surface area contributed by atoms with Gasteiger partial charge in [0.05, 0.1) is 23.6 Å². The smallest absolute Gasteiger partial charge is 0.234 e. The first-order chi connectivity index (χ1) is 11.9. The van der Waals surface area contributed by atoms with Crippen molar-refractivity contribution in [3.8, 4) is 0 Å². The maximum Gasteiger partial charge on any atom is 0.234 e. The molecule has 0 bridgehead atoms. The van der Waals surface area contributed by atoms with Gasteiger partial charge in [-0.05, 0) is 24.1 Å². The average Bonchev–Trinajstić information content (AvgIpc) is 2.95. The Hall–Kier alpha value is -2.87. The minimum Gasteiger partial charge on any atom is -0.368 e. The zero-order valence-corrected chi connectivity index (χ0v) is 13.0. The minimum absolute atomic E-state index is 0.146. The maximum absolute atomic E-state index is 13.2. The number of carbonyl (C=O) groups excluding carboxylic acids is 1. The van der Waals surface area contributed by atoms with Crippen LogP contribution in [0.25, 0.3) is 11.0 Å². The molecule has 1 unspecified atom stereocenters. The number of nitrogens with one attached hydrogen (secondary N) is 2. The molecule has 130 valence electrons. The predicted molar refractivity (Wildman–Crippen MR) is 85.9 cm³/mol. The topological polar surface area (TPSA) is 83.8 Å². The summed E-state index contributed by atoms with van der Waals surface area (Å²) in [6.45, 7) is 0.146. The van der Waals surface area contributed by atoms with Crippen LogP contribution in [0.3, 0.4) is 0 Å². The van der Waals surface area contributed by atoms with E-state index in [4.69, 9.17) is 5.73 Å². The first-order valence-electron chi connectivity index (χ1n) is 7.53. The number of nitrogens with two attached hydrogens (primary N) is 1. The summed E-state index contributed by atoms with van der Waals surface area (Å²) < 4.78 is 39.4. The van der Waals surface area contributed by atoms with E-state index < -0.39 is 23.6 Å². The van der Waals surface area contributed by atoms with Crippen LogP contribution >= 0.6 is 0 Å². The number of amides is 1. The van der Waals surface area contributed by atoms with Gasteiger partial charge in [-0.1, -0.05) is 12.1 Å². The predicted octanol–water partition coefficient (Wildman–Crippen LogP) is 2.17. The van der Waals surface area contributed by atoms with E-state index in [9.17, 15) is 18.0 Å². The van der Waals surface area contributed by atoms with Crippen LogP contribution in [0.5, 0.6) is 0 Å². The van der Waals surface area contributed by atoms with Crippen LogP contribution in [-0.2, 0) is 17.8 Å². The molecule has 0 saturated carbocycles. The average molecular weight is 348 g/mol. The number of hydrogen-bond acceptors (Lipinski definition) is 3. The summed E-state index contributed by atoms with van der Waals surface area (Å²) in [4.78, 5) is 18.6. The molecule has 1 atom stereocenters. The van der Waals surface area contributed by atoms with Gasteiger partial charge in [-0.3, -0.25) is 10.1 Å². The number of nitrogens with zero attached hydrogens (tertiary/aromatic N) is 1. The molecule has 0 aliphatic rings. The maximum atomic E-state index is 13.2. The lowest BCUT2D eigenvalue weighted by Gasteiger charge is -2.14. The fourth-order valence-electron chi connectivity index (χ4n) is 2.49. The molecular weight excluding hydrogens is 333 g/mol. The Morgan fingerprint density at radius 3 is 2.52 bits per heavy atom. The Labute approximate surface area is 141 Å². The van der Waals surface area contributed by atoms with Gasteiger partial charge in [-0.25, -0.2) is 18.2 Å². The number of primary amides is 1. The molecular formula is C17H15F3N4O. The Morgan fingerprint density at radius 2 is 1.84 bits per heavy atom. The van der Waals surface area contributed by atoms with Crippen molar-refractivity contribution in [2.45, 2.75) is 19.0 Å². The van der Waals surface area contributed by atoms with Crippen LogP contribution in [0.1, 0.15) is 11.4 Å². The fraction of sp³-hybridized carbons (Fsp3) is 0.176. The van der Waals surface area contributed by atoms with E-state index in [1.807, 2.05) is 0 Å². The molecule has 3 aromatic rings. The molecule has 5 nitrogen and oxygen atoms in total. The van der Waals surface area contributed by atoms with E-state index in [-0.39, 0.29) is 24.3 Å².